The molecule has 0 aliphatic carbocycles. The Balaban J connectivity index is 1.36. The zero-order valence-electron chi connectivity index (χ0n) is 17.2. The summed E-state index contributed by atoms with van der Waals surface area (Å²) < 4.78 is 5.25. The van der Waals surface area contributed by atoms with Crippen LogP contribution in [0.25, 0.3) is 0 Å². The van der Waals surface area contributed by atoms with E-state index in [2.05, 4.69) is 47.1 Å². The van der Waals surface area contributed by atoms with Gasteiger partial charge in [0.05, 0.1) is 19.3 Å². The van der Waals surface area contributed by atoms with Gasteiger partial charge < -0.3 is 14.5 Å². The van der Waals surface area contributed by atoms with Gasteiger partial charge in [0, 0.05) is 48.6 Å². The summed E-state index contributed by atoms with van der Waals surface area (Å²) in [7, 11) is 1.69. The minimum Gasteiger partial charge on any atom is -0.497 e. The number of amides is 1. The van der Waals surface area contributed by atoms with Gasteiger partial charge in [0.1, 0.15) is 5.75 Å². The Bertz CT molecular complexity index is 834. The van der Waals surface area contributed by atoms with E-state index in [9.17, 15) is 4.79 Å². The maximum atomic E-state index is 13.2. The monoisotopic (exact) mass is 411 g/mol. The van der Waals surface area contributed by atoms with Crippen LogP contribution in [0, 0.1) is 0 Å². The Kier molecular flexibility index (Phi) is 6.31. The van der Waals surface area contributed by atoms with E-state index in [0.717, 1.165) is 50.6 Å². The Labute approximate surface area is 177 Å². The van der Waals surface area contributed by atoms with Crippen molar-refractivity contribution in [3.05, 3.63) is 48.5 Å². The molecular weight excluding hydrogens is 382 g/mol. The van der Waals surface area contributed by atoms with Crippen molar-refractivity contribution in [3.63, 3.8) is 0 Å². The first-order valence-corrected chi connectivity index (χ1v) is 11.2. The molecule has 0 bridgehead atoms. The van der Waals surface area contributed by atoms with E-state index >= 15 is 0 Å². The summed E-state index contributed by atoms with van der Waals surface area (Å²) in [5.74, 6) is 1.09. The number of ether oxygens (including phenoxy) is 1. The topological polar surface area (TPSA) is 36.0 Å². The molecule has 2 aliphatic heterocycles. The van der Waals surface area contributed by atoms with Gasteiger partial charge in [-0.3, -0.25) is 9.69 Å². The lowest BCUT2D eigenvalue weighted by atomic mass is 10.2. The average molecular weight is 412 g/mol. The molecular formula is C23H29N3O2S. The number of hydrogen-bond acceptors (Lipinski definition) is 5. The second-order valence-electron chi connectivity index (χ2n) is 7.69. The fourth-order valence-electron chi connectivity index (χ4n) is 3.98. The van der Waals surface area contributed by atoms with E-state index in [4.69, 9.17) is 4.74 Å². The van der Waals surface area contributed by atoms with E-state index in [0.29, 0.717) is 11.8 Å². The van der Waals surface area contributed by atoms with Gasteiger partial charge in [-0.05, 0) is 42.8 Å². The quantitative estimate of drug-likeness (QED) is 0.766. The number of fused-ring (bicyclic) bond motifs is 1. The first kappa shape index (κ1) is 20.1. The number of hydrogen-bond donors (Lipinski definition) is 0. The molecule has 0 saturated carbocycles. The summed E-state index contributed by atoms with van der Waals surface area (Å²) in [5.41, 5.74) is 2.29. The molecule has 2 aromatic rings. The molecule has 0 N–H and O–H groups in total. The van der Waals surface area contributed by atoms with Crippen LogP contribution in [0.5, 0.6) is 5.75 Å². The lowest BCUT2D eigenvalue weighted by Gasteiger charge is -2.36. The third-order valence-electron chi connectivity index (χ3n) is 5.71. The first-order valence-electron chi connectivity index (χ1n) is 10.3. The van der Waals surface area contributed by atoms with Crippen LogP contribution in [-0.2, 0) is 4.79 Å². The third-order valence-corrected chi connectivity index (χ3v) is 6.95. The second-order valence-corrected chi connectivity index (χ2v) is 9.17. The van der Waals surface area contributed by atoms with Gasteiger partial charge in [-0.2, -0.15) is 0 Å². The normalized spacial score (nSPS) is 20.1. The molecule has 0 spiro atoms. The Morgan fingerprint density at radius 1 is 1.03 bits per heavy atom. The molecule has 0 radical (unpaired) electrons. The van der Waals surface area contributed by atoms with Crippen LogP contribution in [0.3, 0.4) is 0 Å². The number of para-hydroxylation sites is 1. The Hall–Kier alpha value is -2.18. The van der Waals surface area contributed by atoms with Crippen molar-refractivity contribution in [2.45, 2.75) is 23.5 Å². The zero-order valence-corrected chi connectivity index (χ0v) is 18.0. The molecule has 154 valence electrons. The number of piperazine rings is 1. The summed E-state index contributed by atoms with van der Waals surface area (Å²) in [6, 6.07) is 16.5. The molecule has 2 heterocycles. The summed E-state index contributed by atoms with van der Waals surface area (Å²) in [6.07, 6.45) is 1.02. The molecule has 1 saturated heterocycles. The number of carbonyl (C=O) groups is 1. The van der Waals surface area contributed by atoms with Crippen LogP contribution in [0.2, 0.25) is 0 Å². The first-order chi connectivity index (χ1) is 14.1. The predicted octanol–water partition coefficient (Wildman–Crippen LogP) is 3.73. The summed E-state index contributed by atoms with van der Waals surface area (Å²) >= 11 is 1.88. The number of methoxy groups -OCH3 is 1. The minimum atomic E-state index is 0.213. The molecule has 1 fully saturated rings. The lowest BCUT2D eigenvalue weighted by molar-refractivity contribution is -0.119. The van der Waals surface area contributed by atoms with E-state index in [1.807, 2.05) is 34.9 Å². The van der Waals surface area contributed by atoms with Crippen molar-refractivity contribution in [2.24, 2.45) is 0 Å². The Morgan fingerprint density at radius 3 is 2.48 bits per heavy atom. The fraction of sp³-hybridized carbons (Fsp3) is 0.435. The van der Waals surface area contributed by atoms with E-state index < -0.39 is 0 Å². The zero-order chi connectivity index (χ0) is 20.2. The van der Waals surface area contributed by atoms with Crippen LogP contribution in [0.15, 0.2) is 53.4 Å². The van der Waals surface area contributed by atoms with Crippen LogP contribution in [0.4, 0.5) is 11.4 Å². The molecule has 2 aromatic carbocycles. The van der Waals surface area contributed by atoms with Gasteiger partial charge in [0.15, 0.2) is 0 Å². The standard InChI is InChI=1S/C23H29N3O2S/c1-18-11-12-26(21-5-3-4-6-22(21)29-18)23(27)17-24-13-15-25(16-14-24)19-7-9-20(28-2)10-8-19/h3-10,18H,11-17H2,1-2H3/t18-/m0/s1. The Morgan fingerprint density at radius 2 is 1.76 bits per heavy atom. The van der Waals surface area contributed by atoms with Crippen molar-refractivity contribution in [1.82, 2.24) is 4.90 Å². The molecule has 6 heteroatoms. The van der Waals surface area contributed by atoms with Crippen molar-refractivity contribution >= 4 is 29.0 Å². The van der Waals surface area contributed by atoms with Crippen molar-refractivity contribution in [1.29, 1.82) is 0 Å². The summed E-state index contributed by atoms with van der Waals surface area (Å²) in [4.78, 5) is 21.0. The molecule has 5 nitrogen and oxygen atoms in total. The van der Waals surface area contributed by atoms with E-state index in [1.54, 1.807) is 7.11 Å². The van der Waals surface area contributed by atoms with Crippen molar-refractivity contribution in [2.75, 3.05) is 56.2 Å². The smallest absolute Gasteiger partial charge is 0.241 e. The fourth-order valence-corrected chi connectivity index (χ4v) is 5.09. The lowest BCUT2D eigenvalue weighted by Crippen LogP contribution is -2.50. The number of anilines is 2. The van der Waals surface area contributed by atoms with Gasteiger partial charge in [-0.1, -0.05) is 19.1 Å². The minimum absolute atomic E-state index is 0.213. The van der Waals surface area contributed by atoms with Gasteiger partial charge in [0.2, 0.25) is 5.91 Å². The highest BCUT2D eigenvalue weighted by atomic mass is 32.2. The SMILES string of the molecule is COc1ccc(N2CCN(CC(=O)N3CC[C@H](C)Sc4ccccc43)CC2)cc1. The van der Waals surface area contributed by atoms with Gasteiger partial charge in [-0.15, -0.1) is 11.8 Å². The van der Waals surface area contributed by atoms with Gasteiger partial charge in [-0.25, -0.2) is 0 Å². The van der Waals surface area contributed by atoms with E-state index in [-0.39, 0.29) is 5.91 Å². The molecule has 2 aliphatic rings. The highest BCUT2D eigenvalue weighted by Gasteiger charge is 2.26. The van der Waals surface area contributed by atoms with Gasteiger partial charge in [0.25, 0.3) is 0 Å². The highest BCUT2D eigenvalue weighted by Crippen LogP contribution is 2.37. The predicted molar refractivity (Wildman–Crippen MR) is 120 cm³/mol. The van der Waals surface area contributed by atoms with Crippen molar-refractivity contribution in [3.8, 4) is 5.75 Å². The maximum absolute atomic E-state index is 13.2. The number of nitrogens with zero attached hydrogens (tertiary/aromatic N) is 3. The molecule has 29 heavy (non-hydrogen) atoms. The second kappa shape index (κ2) is 9.09. The summed E-state index contributed by atoms with van der Waals surface area (Å²) in [5, 5.41) is 0.530. The van der Waals surface area contributed by atoms with Crippen LogP contribution < -0.4 is 14.5 Å². The van der Waals surface area contributed by atoms with Crippen LogP contribution in [0.1, 0.15) is 13.3 Å². The maximum Gasteiger partial charge on any atom is 0.241 e. The summed E-state index contributed by atoms with van der Waals surface area (Å²) in [6.45, 7) is 7.20. The van der Waals surface area contributed by atoms with Crippen LogP contribution in [-0.4, -0.2) is 62.4 Å². The number of thioether (sulfide) groups is 1. The average Bonchev–Trinajstić information content (AvgIpc) is 2.92. The van der Waals surface area contributed by atoms with Gasteiger partial charge >= 0.3 is 0 Å². The van der Waals surface area contributed by atoms with Crippen LogP contribution >= 0.6 is 11.8 Å². The molecule has 0 unspecified atom stereocenters. The molecule has 0 aromatic heterocycles. The molecule has 1 atom stereocenters. The largest absolute Gasteiger partial charge is 0.497 e. The highest BCUT2D eigenvalue weighted by molar-refractivity contribution is 8.00. The molecule has 1 amide bonds. The molecule has 4 rings (SSSR count). The number of benzene rings is 2. The third kappa shape index (κ3) is 4.70. The van der Waals surface area contributed by atoms with Crippen molar-refractivity contribution < 1.29 is 9.53 Å². The number of rotatable bonds is 4. The van der Waals surface area contributed by atoms with E-state index in [1.165, 1.54) is 10.6 Å². The number of carbonyl (C=O) groups excluding carboxylic acids is 1.